The van der Waals surface area contributed by atoms with Crippen molar-refractivity contribution >= 4 is 0 Å². The van der Waals surface area contributed by atoms with Gasteiger partial charge in [-0.1, -0.05) is 0 Å². The van der Waals surface area contributed by atoms with Crippen molar-refractivity contribution < 1.29 is 0 Å². The van der Waals surface area contributed by atoms with E-state index >= 15 is 0 Å². The minimum Gasteiger partial charge on any atom is -0.310 e. The Morgan fingerprint density at radius 2 is 2.21 bits per heavy atom. The zero-order valence-corrected chi connectivity index (χ0v) is 9.08. The van der Waals surface area contributed by atoms with Gasteiger partial charge in [0, 0.05) is 30.7 Å². The van der Waals surface area contributed by atoms with Crippen LogP contribution in [-0.2, 0) is 0 Å². The van der Waals surface area contributed by atoms with E-state index in [0.717, 1.165) is 19.1 Å². The van der Waals surface area contributed by atoms with E-state index in [1.54, 1.807) is 0 Å². The summed E-state index contributed by atoms with van der Waals surface area (Å²) in [5.74, 6) is 0. The molecule has 0 amide bonds. The number of nitrogens with zero attached hydrogens (tertiary/aromatic N) is 2. The molecule has 14 heavy (non-hydrogen) atoms. The number of hydrogen-bond donors (Lipinski definition) is 1. The van der Waals surface area contributed by atoms with Gasteiger partial charge in [-0.15, -0.1) is 0 Å². The Bertz CT molecular complexity index is 250. The maximum atomic E-state index is 8.68. The number of piperazine rings is 1. The van der Waals surface area contributed by atoms with Crippen LogP contribution in [0.25, 0.3) is 0 Å². The third-order valence-electron chi connectivity index (χ3n) is 3.34. The smallest absolute Gasteiger partial charge is 0.0638 e. The lowest BCUT2D eigenvalue weighted by Gasteiger charge is -2.46. The molecule has 0 spiro atoms. The van der Waals surface area contributed by atoms with Crippen LogP contribution >= 0.6 is 0 Å². The van der Waals surface area contributed by atoms with Gasteiger partial charge in [0.2, 0.25) is 0 Å². The molecular formula is C11H19N3. The van der Waals surface area contributed by atoms with Crippen LogP contribution in [0, 0.1) is 11.3 Å². The maximum absolute atomic E-state index is 8.68. The first kappa shape index (κ1) is 9.95. The van der Waals surface area contributed by atoms with E-state index in [0.29, 0.717) is 12.5 Å². The highest BCUT2D eigenvalue weighted by molar-refractivity contribution is 5.01. The molecule has 0 aromatic rings. The van der Waals surface area contributed by atoms with Crippen molar-refractivity contribution in [3.63, 3.8) is 0 Å². The standard InChI is InChI=1S/C11H19N3/c1-11(2)8-13-9(5-6-12)7-14(11)10-3-4-10/h9-10,13H,3-5,7-8H2,1-2H3. The average molecular weight is 193 g/mol. The van der Waals surface area contributed by atoms with Crippen molar-refractivity contribution in [1.29, 1.82) is 5.26 Å². The topological polar surface area (TPSA) is 39.1 Å². The van der Waals surface area contributed by atoms with Gasteiger partial charge in [-0.25, -0.2) is 0 Å². The highest BCUT2D eigenvalue weighted by Gasteiger charge is 2.41. The molecule has 1 N–H and O–H groups in total. The lowest BCUT2D eigenvalue weighted by atomic mass is 9.96. The summed E-state index contributed by atoms with van der Waals surface area (Å²) in [6.45, 7) is 6.64. The van der Waals surface area contributed by atoms with Gasteiger partial charge in [-0.2, -0.15) is 5.26 Å². The fourth-order valence-electron chi connectivity index (χ4n) is 2.32. The van der Waals surface area contributed by atoms with Crippen LogP contribution in [0.1, 0.15) is 33.1 Å². The van der Waals surface area contributed by atoms with E-state index in [1.807, 2.05) is 0 Å². The predicted octanol–water partition coefficient (Wildman–Crippen LogP) is 1.11. The van der Waals surface area contributed by atoms with Gasteiger partial charge < -0.3 is 5.32 Å². The quantitative estimate of drug-likeness (QED) is 0.714. The average Bonchev–Trinajstić information content (AvgIpc) is 2.91. The summed E-state index contributed by atoms with van der Waals surface area (Å²) in [5.41, 5.74) is 0.271. The monoisotopic (exact) mass is 193 g/mol. The second-order valence-electron chi connectivity index (χ2n) is 5.14. The van der Waals surface area contributed by atoms with Crippen molar-refractivity contribution in [1.82, 2.24) is 10.2 Å². The van der Waals surface area contributed by atoms with E-state index in [-0.39, 0.29) is 5.54 Å². The molecule has 1 atom stereocenters. The molecule has 0 radical (unpaired) electrons. The number of nitrogens with one attached hydrogen (secondary N) is 1. The Balaban J connectivity index is 1.99. The van der Waals surface area contributed by atoms with Gasteiger partial charge in [0.05, 0.1) is 12.5 Å². The van der Waals surface area contributed by atoms with E-state index in [1.165, 1.54) is 12.8 Å². The fraction of sp³-hybridized carbons (Fsp3) is 0.909. The first-order chi connectivity index (χ1) is 6.63. The molecule has 3 nitrogen and oxygen atoms in total. The first-order valence-corrected chi connectivity index (χ1v) is 5.50. The summed E-state index contributed by atoms with van der Waals surface area (Å²) in [7, 11) is 0. The second-order valence-corrected chi connectivity index (χ2v) is 5.14. The molecule has 78 valence electrons. The van der Waals surface area contributed by atoms with Crippen LogP contribution in [0.5, 0.6) is 0 Å². The van der Waals surface area contributed by atoms with Gasteiger partial charge >= 0.3 is 0 Å². The van der Waals surface area contributed by atoms with Crippen molar-refractivity contribution in [2.24, 2.45) is 0 Å². The van der Waals surface area contributed by atoms with Crippen molar-refractivity contribution in [2.75, 3.05) is 13.1 Å². The SMILES string of the molecule is CC1(C)CNC(CC#N)CN1C1CC1. The largest absolute Gasteiger partial charge is 0.310 e. The molecule has 3 heteroatoms. The van der Waals surface area contributed by atoms with Crippen molar-refractivity contribution in [2.45, 2.75) is 50.7 Å². The minimum absolute atomic E-state index is 0.271. The summed E-state index contributed by atoms with van der Waals surface area (Å²) < 4.78 is 0. The van der Waals surface area contributed by atoms with Crippen molar-refractivity contribution in [3.8, 4) is 6.07 Å². The third kappa shape index (κ3) is 1.92. The molecule has 2 fully saturated rings. The lowest BCUT2D eigenvalue weighted by molar-refractivity contribution is 0.0591. The van der Waals surface area contributed by atoms with Gasteiger partial charge in [-0.3, -0.25) is 4.90 Å². The van der Waals surface area contributed by atoms with Crippen LogP contribution in [0.4, 0.5) is 0 Å². The van der Waals surface area contributed by atoms with Gasteiger partial charge in [0.25, 0.3) is 0 Å². The molecule has 2 rings (SSSR count). The predicted molar refractivity (Wildman–Crippen MR) is 55.8 cm³/mol. The summed E-state index contributed by atoms with van der Waals surface area (Å²) in [6.07, 6.45) is 3.34. The summed E-state index contributed by atoms with van der Waals surface area (Å²) in [4.78, 5) is 2.59. The molecular weight excluding hydrogens is 174 g/mol. The Morgan fingerprint density at radius 3 is 2.79 bits per heavy atom. The minimum atomic E-state index is 0.271. The number of rotatable bonds is 2. The third-order valence-corrected chi connectivity index (χ3v) is 3.34. The highest BCUT2D eigenvalue weighted by Crippen LogP contribution is 2.34. The zero-order valence-electron chi connectivity index (χ0n) is 9.08. The van der Waals surface area contributed by atoms with E-state index < -0.39 is 0 Å². The van der Waals surface area contributed by atoms with Gasteiger partial charge in [0.1, 0.15) is 0 Å². The first-order valence-electron chi connectivity index (χ1n) is 5.50. The molecule has 0 bridgehead atoms. The van der Waals surface area contributed by atoms with Crippen LogP contribution in [0.15, 0.2) is 0 Å². The molecule has 1 unspecified atom stereocenters. The molecule has 1 saturated heterocycles. The summed E-state index contributed by atoms with van der Waals surface area (Å²) in [5, 5.41) is 12.1. The van der Waals surface area contributed by atoms with E-state index in [4.69, 9.17) is 5.26 Å². The van der Waals surface area contributed by atoms with Gasteiger partial charge in [0.15, 0.2) is 0 Å². The van der Waals surface area contributed by atoms with E-state index in [2.05, 4.69) is 30.1 Å². The summed E-state index contributed by atoms with van der Waals surface area (Å²) in [6, 6.07) is 3.44. The lowest BCUT2D eigenvalue weighted by Crippen LogP contribution is -2.62. The number of nitriles is 1. The molecule has 1 aliphatic carbocycles. The Morgan fingerprint density at radius 1 is 1.50 bits per heavy atom. The van der Waals surface area contributed by atoms with Crippen LogP contribution in [0.3, 0.4) is 0 Å². The summed E-state index contributed by atoms with van der Waals surface area (Å²) >= 11 is 0. The second kappa shape index (κ2) is 3.52. The highest BCUT2D eigenvalue weighted by atomic mass is 15.3. The zero-order chi connectivity index (χ0) is 10.2. The number of hydrogen-bond acceptors (Lipinski definition) is 3. The van der Waals surface area contributed by atoms with Crippen LogP contribution < -0.4 is 5.32 Å². The van der Waals surface area contributed by atoms with Crippen LogP contribution in [0.2, 0.25) is 0 Å². The molecule has 1 aliphatic heterocycles. The normalized spacial score (nSPS) is 32.5. The maximum Gasteiger partial charge on any atom is 0.0638 e. The Labute approximate surface area is 86.1 Å². The molecule has 2 aliphatic rings. The molecule has 1 heterocycles. The molecule has 0 aromatic carbocycles. The molecule has 1 saturated carbocycles. The Kier molecular flexibility index (Phi) is 2.50. The van der Waals surface area contributed by atoms with Crippen molar-refractivity contribution in [3.05, 3.63) is 0 Å². The van der Waals surface area contributed by atoms with Gasteiger partial charge in [-0.05, 0) is 26.7 Å². The Hall–Kier alpha value is -0.590. The van der Waals surface area contributed by atoms with Crippen LogP contribution in [-0.4, -0.2) is 35.6 Å². The molecule has 0 aromatic heterocycles. The fourth-order valence-corrected chi connectivity index (χ4v) is 2.32. The van der Waals surface area contributed by atoms with E-state index in [9.17, 15) is 0 Å².